The molecule has 0 N–H and O–H groups in total. The van der Waals surface area contributed by atoms with E-state index in [0.717, 1.165) is 17.7 Å². The van der Waals surface area contributed by atoms with Crippen LogP contribution in [0.3, 0.4) is 0 Å². The fourth-order valence-corrected chi connectivity index (χ4v) is 4.40. The van der Waals surface area contributed by atoms with Crippen LogP contribution >= 0.6 is 23.2 Å². The number of hydrogen-bond acceptors (Lipinski definition) is 3. The number of halogens is 5. The summed E-state index contributed by atoms with van der Waals surface area (Å²) in [5, 5.41) is 0.836. The van der Waals surface area contributed by atoms with Crippen molar-refractivity contribution in [1.82, 2.24) is 14.5 Å². The van der Waals surface area contributed by atoms with Crippen molar-refractivity contribution in [3.8, 4) is 0 Å². The number of morpholine rings is 1. The number of fused-ring (bicyclic) bond motifs is 1. The molecule has 2 heterocycles. The van der Waals surface area contributed by atoms with Crippen LogP contribution in [0, 0.1) is 6.92 Å². The number of benzene rings is 2. The molecule has 1 aromatic heterocycles. The third-order valence-electron chi connectivity index (χ3n) is 5.64. The Morgan fingerprint density at radius 3 is 2.66 bits per heavy atom. The summed E-state index contributed by atoms with van der Waals surface area (Å²) in [6, 6.07) is 5.67. The van der Waals surface area contributed by atoms with Crippen molar-refractivity contribution >= 4 is 40.1 Å². The van der Waals surface area contributed by atoms with Gasteiger partial charge in [0.05, 0.1) is 28.2 Å². The molecule has 0 saturated carbocycles. The fourth-order valence-electron chi connectivity index (χ4n) is 3.84. The largest absolute Gasteiger partial charge is 0.416 e. The van der Waals surface area contributed by atoms with Gasteiger partial charge in [-0.2, -0.15) is 13.2 Å². The van der Waals surface area contributed by atoms with Crippen molar-refractivity contribution in [2.24, 2.45) is 7.05 Å². The van der Waals surface area contributed by atoms with Gasteiger partial charge in [-0.3, -0.25) is 4.79 Å². The molecule has 0 unspecified atom stereocenters. The minimum Gasteiger partial charge on any atom is -0.370 e. The minimum atomic E-state index is -4.44. The zero-order chi connectivity index (χ0) is 23.2. The lowest BCUT2D eigenvalue weighted by molar-refractivity contribution is -0.143. The highest BCUT2D eigenvalue weighted by Crippen LogP contribution is 2.35. The van der Waals surface area contributed by atoms with E-state index in [2.05, 4.69) is 4.98 Å². The second-order valence-electron chi connectivity index (χ2n) is 7.79. The number of carbonyl (C=O) groups is 1. The summed E-state index contributed by atoms with van der Waals surface area (Å²) in [5.74, 6) is 0.418. The molecule has 2 aromatic carbocycles. The third kappa shape index (κ3) is 4.31. The maximum absolute atomic E-state index is 13.3. The predicted molar refractivity (Wildman–Crippen MR) is 116 cm³/mol. The van der Waals surface area contributed by atoms with Crippen molar-refractivity contribution < 1.29 is 22.7 Å². The summed E-state index contributed by atoms with van der Waals surface area (Å²) in [6.45, 7) is 2.90. The van der Waals surface area contributed by atoms with E-state index in [0.29, 0.717) is 57.7 Å². The molecule has 1 aliphatic rings. The van der Waals surface area contributed by atoms with Gasteiger partial charge >= 0.3 is 6.18 Å². The second-order valence-corrected chi connectivity index (χ2v) is 8.57. The lowest BCUT2D eigenvalue weighted by Gasteiger charge is -2.27. The van der Waals surface area contributed by atoms with E-state index < -0.39 is 11.7 Å². The number of nitrogens with zero attached hydrogens (tertiary/aromatic N) is 3. The number of aromatic nitrogens is 2. The number of amides is 1. The van der Waals surface area contributed by atoms with Gasteiger partial charge < -0.3 is 14.2 Å². The molecule has 1 aliphatic heterocycles. The number of aryl methyl sites for hydroxylation is 2. The monoisotopic (exact) mass is 485 g/mol. The summed E-state index contributed by atoms with van der Waals surface area (Å²) >= 11 is 13.1. The molecule has 32 heavy (non-hydrogen) atoms. The van der Waals surface area contributed by atoms with Crippen LogP contribution in [0.4, 0.5) is 13.2 Å². The van der Waals surface area contributed by atoms with Gasteiger partial charge in [0, 0.05) is 31.6 Å². The Kier molecular flexibility index (Phi) is 6.13. The highest BCUT2D eigenvalue weighted by atomic mass is 35.5. The van der Waals surface area contributed by atoms with Gasteiger partial charge in [0.15, 0.2) is 0 Å². The van der Waals surface area contributed by atoms with Crippen molar-refractivity contribution in [3.63, 3.8) is 0 Å². The van der Waals surface area contributed by atoms with E-state index in [-0.39, 0.29) is 18.9 Å². The van der Waals surface area contributed by atoms with Gasteiger partial charge in [0.1, 0.15) is 12.4 Å². The molecule has 3 aromatic rings. The molecule has 0 aliphatic carbocycles. The molecule has 0 atom stereocenters. The van der Waals surface area contributed by atoms with Crippen molar-refractivity contribution in [2.45, 2.75) is 26.1 Å². The van der Waals surface area contributed by atoms with E-state index in [4.69, 9.17) is 27.9 Å². The van der Waals surface area contributed by atoms with Crippen molar-refractivity contribution in [1.29, 1.82) is 0 Å². The predicted octanol–water partition coefficient (Wildman–Crippen LogP) is 5.16. The summed E-state index contributed by atoms with van der Waals surface area (Å²) in [6.07, 6.45) is -4.21. The smallest absolute Gasteiger partial charge is 0.370 e. The van der Waals surface area contributed by atoms with E-state index in [9.17, 15) is 18.0 Å². The van der Waals surface area contributed by atoms with Crippen LogP contribution in [0.1, 0.15) is 28.1 Å². The SMILES string of the molecule is Cc1cc(C(F)(F)F)cc2c1nc(Cc1c(Cl)ccc(CN3CCOCC3=O)c1Cl)n2C. The molecule has 170 valence electrons. The zero-order valence-corrected chi connectivity index (χ0v) is 18.9. The Bertz CT molecular complexity index is 1210. The van der Waals surface area contributed by atoms with E-state index in [1.165, 1.54) is 0 Å². The molecule has 0 bridgehead atoms. The van der Waals surface area contributed by atoms with Gasteiger partial charge in [-0.25, -0.2) is 4.98 Å². The van der Waals surface area contributed by atoms with E-state index >= 15 is 0 Å². The Hall–Kier alpha value is -2.29. The molecule has 4 rings (SSSR count). The summed E-state index contributed by atoms with van der Waals surface area (Å²) in [5.41, 5.74) is 1.94. The molecule has 1 saturated heterocycles. The quantitative estimate of drug-likeness (QED) is 0.512. The number of rotatable bonds is 4. The average Bonchev–Trinajstić information content (AvgIpc) is 3.04. The number of ether oxygens (including phenoxy) is 1. The minimum absolute atomic E-state index is 0.0389. The van der Waals surface area contributed by atoms with E-state index in [1.54, 1.807) is 35.6 Å². The number of imidazole rings is 1. The Morgan fingerprint density at radius 1 is 1.22 bits per heavy atom. The third-order valence-corrected chi connectivity index (χ3v) is 6.47. The zero-order valence-electron chi connectivity index (χ0n) is 17.4. The van der Waals surface area contributed by atoms with E-state index in [1.807, 2.05) is 0 Å². The molecular weight excluding hydrogens is 466 g/mol. The first kappa shape index (κ1) is 22.9. The molecule has 1 amide bonds. The lowest BCUT2D eigenvalue weighted by Crippen LogP contribution is -2.41. The lowest BCUT2D eigenvalue weighted by atomic mass is 10.1. The standard InChI is InChI=1S/C22H20Cl2F3N3O2/c1-12-7-14(22(25,26)27)8-17-21(12)28-18(29(17)2)9-15-16(23)4-3-13(20(15)24)10-30-5-6-32-11-19(30)31/h3-4,7-8H,5-6,9-11H2,1-2H3. The molecule has 5 nitrogen and oxygen atoms in total. The van der Waals surface area contributed by atoms with Crippen LogP contribution in [-0.2, 0) is 35.7 Å². The van der Waals surface area contributed by atoms with Crippen LogP contribution < -0.4 is 0 Å². The van der Waals surface area contributed by atoms with Crippen molar-refractivity contribution in [3.05, 3.63) is 62.4 Å². The second kappa shape index (κ2) is 8.57. The highest BCUT2D eigenvalue weighted by molar-refractivity contribution is 6.36. The molecule has 0 spiro atoms. The van der Waals surface area contributed by atoms with Crippen molar-refractivity contribution in [2.75, 3.05) is 19.8 Å². The first-order chi connectivity index (χ1) is 15.1. The van der Waals surface area contributed by atoms with Gasteiger partial charge in [-0.1, -0.05) is 29.3 Å². The number of alkyl halides is 3. The first-order valence-electron chi connectivity index (χ1n) is 9.90. The van der Waals surface area contributed by atoms with Gasteiger partial charge in [0.2, 0.25) is 5.91 Å². The van der Waals surface area contributed by atoms with Crippen LogP contribution in [-0.4, -0.2) is 40.1 Å². The maximum atomic E-state index is 13.3. The molecule has 0 radical (unpaired) electrons. The molecular formula is C22H20Cl2F3N3O2. The van der Waals surface area contributed by atoms with Crippen LogP contribution in [0.25, 0.3) is 11.0 Å². The summed E-state index contributed by atoms with van der Waals surface area (Å²) in [4.78, 5) is 18.3. The Labute approximate surface area is 192 Å². The fraction of sp³-hybridized carbons (Fsp3) is 0.364. The Morgan fingerprint density at radius 2 is 1.97 bits per heavy atom. The topological polar surface area (TPSA) is 47.4 Å². The van der Waals surface area contributed by atoms with Crippen LogP contribution in [0.2, 0.25) is 10.0 Å². The van der Waals surface area contributed by atoms with Gasteiger partial charge in [-0.15, -0.1) is 0 Å². The first-order valence-corrected chi connectivity index (χ1v) is 10.7. The number of hydrogen-bond donors (Lipinski definition) is 0. The highest BCUT2D eigenvalue weighted by Gasteiger charge is 2.32. The maximum Gasteiger partial charge on any atom is 0.416 e. The summed E-state index contributed by atoms with van der Waals surface area (Å²) < 4.78 is 46.5. The van der Waals surface area contributed by atoms with Gasteiger partial charge in [0.25, 0.3) is 0 Å². The molecule has 1 fully saturated rings. The number of carbonyl (C=O) groups excluding carboxylic acids is 1. The van der Waals surface area contributed by atoms with Crippen LogP contribution in [0.15, 0.2) is 24.3 Å². The average molecular weight is 486 g/mol. The van der Waals surface area contributed by atoms with Gasteiger partial charge in [-0.05, 0) is 41.8 Å². The van der Waals surface area contributed by atoms with Crippen LogP contribution in [0.5, 0.6) is 0 Å². The Balaban J connectivity index is 1.70. The molecule has 10 heteroatoms. The normalized spacial score (nSPS) is 15.1. The summed E-state index contributed by atoms with van der Waals surface area (Å²) in [7, 11) is 1.67.